The molecule has 2 rings (SSSR count). The normalized spacial score (nSPS) is 17.9. The van der Waals surface area contributed by atoms with E-state index in [1.165, 1.54) is 5.56 Å². The molecule has 4 nitrogen and oxygen atoms in total. The van der Waals surface area contributed by atoms with Crippen LogP contribution in [0.3, 0.4) is 0 Å². The molecule has 1 unspecified atom stereocenters. The van der Waals surface area contributed by atoms with Crippen LogP contribution in [-0.4, -0.2) is 23.4 Å². The van der Waals surface area contributed by atoms with Crippen molar-refractivity contribution >= 4 is 29.8 Å². The molecule has 114 valence electrons. The first-order chi connectivity index (χ1) is 9.87. The molecule has 1 aromatic rings. The predicted octanol–water partition coefficient (Wildman–Crippen LogP) is 3.55. The highest BCUT2D eigenvalue weighted by molar-refractivity contribution is 8.00. The lowest BCUT2D eigenvalue weighted by molar-refractivity contribution is -0.120. The van der Waals surface area contributed by atoms with E-state index in [1.54, 1.807) is 11.9 Å². The van der Waals surface area contributed by atoms with Gasteiger partial charge >= 0.3 is 0 Å². The number of amides is 1. The Morgan fingerprint density at radius 1 is 1.38 bits per heavy atom. The fraction of sp³-hybridized carbons (Fsp3) is 0.500. The lowest BCUT2D eigenvalue weighted by Crippen LogP contribution is -2.42. The summed E-state index contributed by atoms with van der Waals surface area (Å²) in [5.41, 5.74) is 5.04. The number of aliphatic imine (C=N–C) groups is 1. The molecule has 1 aromatic carbocycles. The Labute approximate surface area is 131 Å². The lowest BCUT2D eigenvalue weighted by Gasteiger charge is -2.30. The van der Waals surface area contributed by atoms with Crippen LogP contribution in [0.5, 0.6) is 0 Å². The number of nitrogens with zero attached hydrogens (tertiary/aromatic N) is 2. The molecular formula is C16H23N3OS. The maximum atomic E-state index is 11.6. The van der Waals surface area contributed by atoms with Gasteiger partial charge in [-0.3, -0.25) is 15.2 Å². The number of nitrogens with one attached hydrogen (secondary N) is 1. The number of rotatable bonds is 3. The van der Waals surface area contributed by atoms with Crippen LogP contribution in [0.15, 0.2) is 29.3 Å². The molecule has 1 aliphatic heterocycles. The third-order valence-corrected chi connectivity index (χ3v) is 4.04. The number of anilines is 1. The zero-order valence-electron chi connectivity index (χ0n) is 13.1. The minimum Gasteiger partial charge on any atom is -0.291 e. The Balaban J connectivity index is 2.24. The molecule has 0 radical (unpaired) electrons. The van der Waals surface area contributed by atoms with Crippen LogP contribution in [0.2, 0.25) is 0 Å². The number of carbonyl (C=O) groups is 1. The van der Waals surface area contributed by atoms with Gasteiger partial charge in [0.15, 0.2) is 0 Å². The number of carbonyl (C=O) groups excluding carboxylic acids is 1. The van der Waals surface area contributed by atoms with Crippen LogP contribution < -0.4 is 9.84 Å². The molecule has 1 saturated heterocycles. The minimum absolute atomic E-state index is 0.0690. The summed E-state index contributed by atoms with van der Waals surface area (Å²) < 4.78 is 1.88. The van der Waals surface area contributed by atoms with Gasteiger partial charge in [-0.2, -0.15) is 0 Å². The van der Waals surface area contributed by atoms with Crippen molar-refractivity contribution in [2.45, 2.75) is 45.6 Å². The van der Waals surface area contributed by atoms with E-state index in [4.69, 9.17) is 0 Å². The summed E-state index contributed by atoms with van der Waals surface area (Å²) in [7, 11) is 0. The van der Waals surface area contributed by atoms with Gasteiger partial charge in [0.2, 0.25) is 5.91 Å². The molecule has 0 spiro atoms. The predicted molar refractivity (Wildman–Crippen MR) is 90.8 cm³/mol. The molecule has 1 aliphatic rings. The first-order valence-electron chi connectivity index (χ1n) is 7.23. The van der Waals surface area contributed by atoms with E-state index in [-0.39, 0.29) is 17.4 Å². The smallest absolute Gasteiger partial charge is 0.240 e. The van der Waals surface area contributed by atoms with Crippen LogP contribution in [-0.2, 0) is 4.79 Å². The Bertz CT molecular complexity index is 537. The van der Waals surface area contributed by atoms with E-state index in [2.05, 4.69) is 44.2 Å². The van der Waals surface area contributed by atoms with Crippen LogP contribution in [0.4, 0.5) is 5.69 Å². The van der Waals surface area contributed by atoms with Crippen molar-refractivity contribution in [1.82, 2.24) is 5.43 Å². The van der Waals surface area contributed by atoms with Crippen LogP contribution in [0, 0.1) is 0 Å². The van der Waals surface area contributed by atoms with Gasteiger partial charge in [0.25, 0.3) is 0 Å². The molecular weight excluding hydrogens is 282 g/mol. The maximum Gasteiger partial charge on any atom is 0.240 e. The van der Waals surface area contributed by atoms with E-state index >= 15 is 0 Å². The standard InChI is InChI=1S/C16H23N3OS/c1-12(11-17-16(2,3)4)13-7-5-6-8-14(13)19-18-15(20)9-10-21-19/h5-8,11-12H,9-10H2,1-4H3,(H,18,20). The number of hydrogen-bond acceptors (Lipinski definition) is 4. The highest BCUT2D eigenvalue weighted by Crippen LogP contribution is 2.31. The van der Waals surface area contributed by atoms with Crippen molar-refractivity contribution in [3.8, 4) is 0 Å². The third kappa shape index (κ3) is 4.49. The van der Waals surface area contributed by atoms with Crippen LogP contribution >= 0.6 is 11.9 Å². The molecule has 0 aliphatic carbocycles. The zero-order valence-corrected chi connectivity index (χ0v) is 13.9. The minimum atomic E-state index is -0.0721. The summed E-state index contributed by atoms with van der Waals surface area (Å²) in [6.07, 6.45) is 2.57. The van der Waals surface area contributed by atoms with Crippen molar-refractivity contribution in [2.75, 3.05) is 10.2 Å². The summed E-state index contributed by atoms with van der Waals surface area (Å²) in [6, 6.07) is 8.15. The largest absolute Gasteiger partial charge is 0.291 e. The van der Waals surface area contributed by atoms with Crippen molar-refractivity contribution in [3.05, 3.63) is 29.8 Å². The molecule has 0 bridgehead atoms. The highest BCUT2D eigenvalue weighted by atomic mass is 32.2. The maximum absolute atomic E-state index is 11.6. The highest BCUT2D eigenvalue weighted by Gasteiger charge is 2.21. The van der Waals surface area contributed by atoms with Gasteiger partial charge in [-0.25, -0.2) is 4.41 Å². The number of para-hydroxylation sites is 1. The summed E-state index contributed by atoms with van der Waals surface area (Å²) in [5, 5.41) is 0. The van der Waals surface area contributed by atoms with E-state index < -0.39 is 0 Å². The van der Waals surface area contributed by atoms with Crippen molar-refractivity contribution in [1.29, 1.82) is 0 Å². The van der Waals surface area contributed by atoms with E-state index in [1.807, 2.05) is 28.8 Å². The Kier molecular flexibility index (Phi) is 4.93. The quantitative estimate of drug-likeness (QED) is 0.686. The van der Waals surface area contributed by atoms with Crippen molar-refractivity contribution in [2.24, 2.45) is 4.99 Å². The topological polar surface area (TPSA) is 44.7 Å². The summed E-state index contributed by atoms with van der Waals surface area (Å²) in [6.45, 7) is 8.39. The Morgan fingerprint density at radius 3 is 2.76 bits per heavy atom. The van der Waals surface area contributed by atoms with E-state index in [9.17, 15) is 4.79 Å². The first kappa shape index (κ1) is 15.9. The van der Waals surface area contributed by atoms with E-state index in [0.29, 0.717) is 6.42 Å². The monoisotopic (exact) mass is 305 g/mol. The second-order valence-corrected chi connectivity index (χ2v) is 7.24. The Hall–Kier alpha value is -1.49. The van der Waals surface area contributed by atoms with Gasteiger partial charge in [0.1, 0.15) is 0 Å². The van der Waals surface area contributed by atoms with Gasteiger partial charge in [0, 0.05) is 24.3 Å². The van der Waals surface area contributed by atoms with Crippen molar-refractivity contribution < 1.29 is 4.79 Å². The molecule has 1 N–H and O–H groups in total. The average Bonchev–Trinajstić information content (AvgIpc) is 2.44. The molecule has 1 heterocycles. The summed E-state index contributed by atoms with van der Waals surface area (Å²) >= 11 is 1.63. The molecule has 0 saturated carbocycles. The fourth-order valence-corrected chi connectivity index (χ4v) is 2.97. The van der Waals surface area contributed by atoms with Crippen molar-refractivity contribution in [3.63, 3.8) is 0 Å². The third-order valence-electron chi connectivity index (χ3n) is 3.11. The van der Waals surface area contributed by atoms with Gasteiger partial charge in [-0.1, -0.05) is 25.1 Å². The molecule has 1 fully saturated rings. The summed E-state index contributed by atoms with van der Waals surface area (Å²) in [4.78, 5) is 16.2. The number of hydrazine groups is 1. The SMILES string of the molecule is CC(C=NC(C)(C)C)c1ccccc1N1NC(=O)CCS1. The Morgan fingerprint density at radius 2 is 2.10 bits per heavy atom. The molecule has 0 aromatic heterocycles. The molecule has 21 heavy (non-hydrogen) atoms. The molecule has 1 atom stereocenters. The van der Waals surface area contributed by atoms with Gasteiger partial charge in [0.05, 0.1) is 11.2 Å². The first-order valence-corrected chi connectivity index (χ1v) is 8.18. The second-order valence-electron chi connectivity index (χ2n) is 6.21. The van der Waals surface area contributed by atoms with Crippen LogP contribution in [0.25, 0.3) is 0 Å². The van der Waals surface area contributed by atoms with Gasteiger partial charge in [-0.15, -0.1) is 0 Å². The van der Waals surface area contributed by atoms with E-state index in [0.717, 1.165) is 11.4 Å². The average molecular weight is 305 g/mol. The lowest BCUT2D eigenvalue weighted by atomic mass is 10.00. The summed E-state index contributed by atoms with van der Waals surface area (Å²) in [5.74, 6) is 1.07. The fourth-order valence-electron chi connectivity index (χ4n) is 2.03. The second kappa shape index (κ2) is 6.52. The van der Waals surface area contributed by atoms with Gasteiger partial charge < -0.3 is 0 Å². The number of hydrogen-bond donors (Lipinski definition) is 1. The zero-order chi connectivity index (χ0) is 15.5. The van der Waals surface area contributed by atoms with Gasteiger partial charge in [-0.05, 0) is 44.3 Å². The number of benzene rings is 1. The van der Waals surface area contributed by atoms with Crippen LogP contribution in [0.1, 0.15) is 45.6 Å². The molecule has 5 heteroatoms. The molecule has 1 amide bonds.